The number of fused-ring (bicyclic) bond motifs is 3. The van der Waals surface area contributed by atoms with Crippen LogP contribution in [-0.4, -0.2) is 46.8 Å². The predicted molar refractivity (Wildman–Crippen MR) is 118 cm³/mol. The highest BCUT2D eigenvalue weighted by Crippen LogP contribution is 2.44. The van der Waals surface area contributed by atoms with E-state index in [4.69, 9.17) is 4.74 Å². The molecule has 1 amide bonds. The van der Waals surface area contributed by atoms with Gasteiger partial charge in [0.2, 0.25) is 5.95 Å². The summed E-state index contributed by atoms with van der Waals surface area (Å²) in [6.45, 7) is 0.170. The lowest BCUT2D eigenvalue weighted by atomic mass is 9.98. The molecule has 0 aliphatic heterocycles. The number of aldehydes is 1. The van der Waals surface area contributed by atoms with Gasteiger partial charge in [-0.3, -0.25) is 4.79 Å². The normalized spacial score (nSPS) is 14.2. The van der Waals surface area contributed by atoms with Crippen LogP contribution < -0.4 is 5.32 Å². The van der Waals surface area contributed by atoms with Gasteiger partial charge in [-0.25, -0.2) is 9.78 Å². The van der Waals surface area contributed by atoms with Crippen LogP contribution in [0.4, 0.5) is 9.18 Å². The van der Waals surface area contributed by atoms with Crippen molar-refractivity contribution < 1.29 is 28.9 Å². The summed E-state index contributed by atoms with van der Waals surface area (Å²) in [4.78, 5) is 26.6. The number of alkyl carbamates (subject to hydrolysis) is 1. The van der Waals surface area contributed by atoms with E-state index in [1.807, 2.05) is 48.5 Å². The molecule has 7 nitrogen and oxygen atoms in total. The summed E-state index contributed by atoms with van der Waals surface area (Å²) in [6.07, 6.45) is -2.19. The summed E-state index contributed by atoms with van der Waals surface area (Å²) < 4.78 is 19.0. The quantitative estimate of drug-likeness (QED) is 0.359. The Morgan fingerprint density at radius 2 is 1.73 bits per heavy atom. The van der Waals surface area contributed by atoms with Crippen molar-refractivity contribution >= 4 is 12.4 Å². The zero-order valence-electron chi connectivity index (χ0n) is 17.6. The van der Waals surface area contributed by atoms with Crippen LogP contribution in [0.5, 0.6) is 0 Å². The van der Waals surface area contributed by atoms with Gasteiger partial charge in [0, 0.05) is 18.7 Å². The van der Waals surface area contributed by atoms with Crippen LogP contribution in [0.1, 0.15) is 45.5 Å². The molecule has 3 aromatic rings. The molecule has 33 heavy (non-hydrogen) atoms. The Morgan fingerprint density at radius 1 is 1.09 bits per heavy atom. The fourth-order valence-corrected chi connectivity index (χ4v) is 4.17. The molecule has 0 spiro atoms. The van der Waals surface area contributed by atoms with Crippen LogP contribution in [-0.2, 0) is 4.74 Å². The van der Waals surface area contributed by atoms with Crippen molar-refractivity contribution in [3.8, 4) is 11.1 Å². The van der Waals surface area contributed by atoms with Gasteiger partial charge in [-0.05, 0) is 40.3 Å². The number of nitrogens with one attached hydrogen (secondary N) is 1. The zero-order chi connectivity index (χ0) is 23.4. The van der Waals surface area contributed by atoms with Crippen molar-refractivity contribution in [3.05, 3.63) is 89.0 Å². The maximum Gasteiger partial charge on any atom is 0.407 e. The van der Waals surface area contributed by atoms with Crippen molar-refractivity contribution in [2.45, 2.75) is 24.5 Å². The molecule has 4 rings (SSSR count). The Morgan fingerprint density at radius 3 is 2.36 bits per heavy atom. The molecule has 170 valence electrons. The van der Waals surface area contributed by atoms with E-state index in [0.29, 0.717) is 0 Å². The number of nitrogens with zero attached hydrogens (tertiary/aromatic N) is 1. The number of pyridine rings is 1. The van der Waals surface area contributed by atoms with Gasteiger partial charge in [-0.2, -0.15) is 4.39 Å². The van der Waals surface area contributed by atoms with Gasteiger partial charge < -0.3 is 20.3 Å². The Labute approximate surface area is 189 Å². The molecule has 2 unspecified atom stereocenters. The molecule has 1 aromatic heterocycles. The van der Waals surface area contributed by atoms with Gasteiger partial charge in [0.05, 0.1) is 11.7 Å². The first-order valence-electron chi connectivity index (χ1n) is 10.6. The maximum atomic E-state index is 13.6. The lowest BCUT2D eigenvalue weighted by molar-refractivity contribution is 0.0131. The molecule has 0 saturated heterocycles. The lowest BCUT2D eigenvalue weighted by Gasteiger charge is -2.20. The summed E-state index contributed by atoms with van der Waals surface area (Å²) in [7, 11) is 0. The molecular weight excluding hydrogens is 427 g/mol. The molecule has 0 fully saturated rings. The van der Waals surface area contributed by atoms with Gasteiger partial charge in [0.15, 0.2) is 6.29 Å². The maximum absolute atomic E-state index is 13.6. The standard InChI is InChI=1S/C25H23FN2O5/c26-24-20(13-29)19(9-11-27-24)23(31)22(30)10-12-28-25(32)33-14-21-17-7-3-1-5-15(17)16-6-2-4-8-18(16)21/h1-9,11,13,21-23,30-31H,10,12,14H2,(H,28,32). The summed E-state index contributed by atoms with van der Waals surface area (Å²) in [5.41, 5.74) is 3.98. The first-order chi connectivity index (χ1) is 16.0. The summed E-state index contributed by atoms with van der Waals surface area (Å²) in [5, 5.41) is 23.0. The third-order valence-electron chi connectivity index (χ3n) is 5.83. The fraction of sp³-hybridized carbons (Fsp3) is 0.240. The Hall–Kier alpha value is -3.62. The van der Waals surface area contributed by atoms with Crippen LogP contribution in [0.2, 0.25) is 0 Å². The van der Waals surface area contributed by atoms with Gasteiger partial charge >= 0.3 is 6.09 Å². The average Bonchev–Trinajstić information content (AvgIpc) is 3.15. The first kappa shape index (κ1) is 22.6. The minimum absolute atomic E-state index is 0.0128. The smallest absolute Gasteiger partial charge is 0.407 e. The van der Waals surface area contributed by atoms with Gasteiger partial charge in [-0.1, -0.05) is 48.5 Å². The summed E-state index contributed by atoms with van der Waals surface area (Å²) >= 11 is 0. The van der Waals surface area contributed by atoms with Crippen molar-refractivity contribution in [1.29, 1.82) is 0 Å². The van der Waals surface area contributed by atoms with Gasteiger partial charge in [-0.15, -0.1) is 0 Å². The predicted octanol–water partition coefficient (Wildman–Crippen LogP) is 3.36. The van der Waals surface area contributed by atoms with E-state index in [-0.39, 0.29) is 37.3 Å². The third-order valence-corrected chi connectivity index (χ3v) is 5.83. The van der Waals surface area contributed by atoms with Crippen molar-refractivity contribution in [1.82, 2.24) is 10.3 Å². The van der Waals surface area contributed by atoms with Crippen LogP contribution in [0.3, 0.4) is 0 Å². The van der Waals surface area contributed by atoms with E-state index < -0.39 is 29.8 Å². The topological polar surface area (TPSA) is 109 Å². The van der Waals surface area contributed by atoms with Crippen molar-refractivity contribution in [2.75, 3.05) is 13.2 Å². The average molecular weight is 450 g/mol. The number of aromatic nitrogens is 1. The molecule has 2 atom stereocenters. The molecule has 8 heteroatoms. The van der Waals surface area contributed by atoms with E-state index >= 15 is 0 Å². The Kier molecular flexibility index (Phi) is 6.76. The first-order valence-corrected chi connectivity index (χ1v) is 10.6. The van der Waals surface area contributed by atoms with E-state index in [1.54, 1.807) is 0 Å². The van der Waals surface area contributed by atoms with Crippen LogP contribution >= 0.6 is 0 Å². The van der Waals surface area contributed by atoms with E-state index in [0.717, 1.165) is 28.5 Å². The fourth-order valence-electron chi connectivity index (χ4n) is 4.17. The molecule has 0 radical (unpaired) electrons. The number of hydrogen-bond donors (Lipinski definition) is 3. The van der Waals surface area contributed by atoms with E-state index in [2.05, 4.69) is 10.3 Å². The van der Waals surface area contributed by atoms with Crippen molar-refractivity contribution in [2.24, 2.45) is 0 Å². The minimum Gasteiger partial charge on any atom is -0.449 e. The third kappa shape index (κ3) is 4.62. The molecule has 1 aliphatic rings. The SMILES string of the molecule is O=Cc1c(C(O)C(O)CCNC(=O)OCC2c3ccccc3-c3ccccc32)ccnc1F. The molecular formula is C25H23FN2O5. The van der Waals surface area contributed by atoms with Crippen LogP contribution in [0, 0.1) is 5.95 Å². The number of carbonyl (C=O) groups is 2. The van der Waals surface area contributed by atoms with Gasteiger partial charge in [0.1, 0.15) is 12.7 Å². The number of rotatable bonds is 8. The number of carbonyl (C=O) groups excluding carboxylic acids is 2. The largest absolute Gasteiger partial charge is 0.449 e. The molecule has 2 aromatic carbocycles. The lowest BCUT2D eigenvalue weighted by Crippen LogP contribution is -2.31. The highest BCUT2D eigenvalue weighted by atomic mass is 19.1. The number of ether oxygens (including phenoxy) is 1. The van der Waals surface area contributed by atoms with Gasteiger partial charge in [0.25, 0.3) is 0 Å². The monoisotopic (exact) mass is 450 g/mol. The van der Waals surface area contributed by atoms with E-state index in [9.17, 15) is 24.2 Å². The highest BCUT2D eigenvalue weighted by molar-refractivity contribution is 5.79. The second kappa shape index (κ2) is 9.89. The second-order valence-electron chi connectivity index (χ2n) is 7.78. The number of halogens is 1. The second-order valence-corrected chi connectivity index (χ2v) is 7.78. The molecule has 3 N–H and O–H groups in total. The number of hydrogen-bond acceptors (Lipinski definition) is 6. The minimum atomic E-state index is -1.51. The highest BCUT2D eigenvalue weighted by Gasteiger charge is 2.29. The number of aliphatic hydroxyl groups excluding tert-OH is 2. The Bertz CT molecular complexity index is 1120. The van der Waals surface area contributed by atoms with E-state index in [1.165, 1.54) is 6.07 Å². The number of aliphatic hydroxyl groups is 2. The molecule has 1 heterocycles. The number of amides is 1. The van der Waals surface area contributed by atoms with Crippen LogP contribution in [0.25, 0.3) is 11.1 Å². The number of benzene rings is 2. The molecule has 1 aliphatic carbocycles. The zero-order valence-corrected chi connectivity index (χ0v) is 17.6. The molecule has 0 saturated carbocycles. The molecule has 0 bridgehead atoms. The van der Waals surface area contributed by atoms with Crippen LogP contribution in [0.15, 0.2) is 60.8 Å². The summed E-state index contributed by atoms with van der Waals surface area (Å²) in [5.74, 6) is -1.09. The van der Waals surface area contributed by atoms with Crippen molar-refractivity contribution in [3.63, 3.8) is 0 Å². The Balaban J connectivity index is 1.30. The summed E-state index contributed by atoms with van der Waals surface area (Å²) in [6, 6.07) is 17.3.